The predicted octanol–water partition coefficient (Wildman–Crippen LogP) is 7.43. The molecule has 1 fully saturated rings. The number of hydrogen-bond donors (Lipinski definition) is 3. The van der Waals surface area contributed by atoms with Crippen molar-refractivity contribution in [2.45, 2.75) is 28.8 Å². The minimum Gasteiger partial charge on any atom is -0.375 e. The lowest BCUT2D eigenvalue weighted by atomic mass is 9.99. The minimum atomic E-state index is -4.33. The molecule has 0 aliphatic carbocycles. The molecule has 1 saturated heterocycles. The number of piperazine rings is 1. The number of anilines is 3. The Labute approximate surface area is 339 Å². The Morgan fingerprint density at radius 1 is 0.912 bits per heavy atom. The zero-order valence-corrected chi connectivity index (χ0v) is 33.0. The van der Waals surface area contributed by atoms with Gasteiger partial charge < -0.3 is 16.0 Å². The van der Waals surface area contributed by atoms with Gasteiger partial charge in [-0.05, 0) is 71.3 Å². The van der Waals surface area contributed by atoms with Gasteiger partial charge in [0, 0.05) is 78.0 Å². The standard InChI is InChI=1S/C41H39ClN8O5S2/c42-30-11-14-35(28-7-3-1-4-8-28)29(21-30)25-48-17-19-49(20-18-48)32-12-15-36-38(23-32)44-27-45-41(36)47-57(54,55)34-13-16-37(39(24-34)50(52)53)46-31(22-40(43)51)26-56-33-9-5-2-6-10-33/h1-16,21,23-24,27,31,46H,17-20,22,25-26H2,(H2,43,51)(H,44,45,47)/t31-/m1/s1. The van der Waals surface area contributed by atoms with Crippen molar-refractivity contribution in [3.05, 3.63) is 142 Å². The Morgan fingerprint density at radius 3 is 2.37 bits per heavy atom. The van der Waals surface area contributed by atoms with E-state index in [1.165, 1.54) is 35.8 Å². The zero-order valence-electron chi connectivity index (χ0n) is 30.6. The lowest BCUT2D eigenvalue weighted by Crippen LogP contribution is -2.46. The fourth-order valence-electron chi connectivity index (χ4n) is 6.79. The second kappa shape index (κ2) is 17.6. The number of thioether (sulfide) groups is 1. The molecule has 5 aromatic carbocycles. The van der Waals surface area contributed by atoms with Gasteiger partial charge in [-0.15, -0.1) is 11.8 Å². The average Bonchev–Trinajstić information content (AvgIpc) is 3.20. The zero-order chi connectivity index (χ0) is 39.9. The molecule has 0 spiro atoms. The molecule has 2 heterocycles. The number of halogens is 1. The molecule has 1 aliphatic rings. The highest BCUT2D eigenvalue weighted by Crippen LogP contribution is 2.33. The molecule has 13 nitrogen and oxygen atoms in total. The third kappa shape index (κ3) is 9.81. The molecule has 4 N–H and O–H groups in total. The predicted molar refractivity (Wildman–Crippen MR) is 226 cm³/mol. The first kappa shape index (κ1) is 39.5. The molecule has 292 valence electrons. The normalized spacial score (nSPS) is 13.9. The highest BCUT2D eigenvalue weighted by molar-refractivity contribution is 7.99. The van der Waals surface area contributed by atoms with Gasteiger partial charge in [0.15, 0.2) is 5.82 Å². The second-order valence-corrected chi connectivity index (χ2v) is 16.7. The quantitative estimate of drug-likeness (QED) is 0.0533. The van der Waals surface area contributed by atoms with Gasteiger partial charge in [0.1, 0.15) is 12.0 Å². The summed E-state index contributed by atoms with van der Waals surface area (Å²) in [5, 5.41) is 16.4. The molecule has 7 rings (SSSR count). The van der Waals surface area contributed by atoms with E-state index in [2.05, 4.69) is 48.0 Å². The Hall–Kier alpha value is -5.74. The van der Waals surface area contributed by atoms with Crippen LogP contribution in [0.5, 0.6) is 0 Å². The van der Waals surface area contributed by atoms with Crippen LogP contribution < -0.4 is 20.7 Å². The van der Waals surface area contributed by atoms with Crippen molar-refractivity contribution in [3.63, 3.8) is 0 Å². The summed E-state index contributed by atoms with van der Waals surface area (Å²) >= 11 is 7.87. The van der Waals surface area contributed by atoms with Crippen LogP contribution in [0, 0.1) is 10.1 Å². The number of carbonyl (C=O) groups is 1. The van der Waals surface area contributed by atoms with Crippen molar-refractivity contribution >= 4 is 73.1 Å². The summed E-state index contributed by atoms with van der Waals surface area (Å²) in [6.07, 6.45) is 1.19. The molecular weight excluding hydrogens is 784 g/mol. The molecule has 1 amide bonds. The van der Waals surface area contributed by atoms with E-state index in [1.807, 2.05) is 72.8 Å². The van der Waals surface area contributed by atoms with Crippen LogP contribution >= 0.6 is 23.4 Å². The van der Waals surface area contributed by atoms with Gasteiger partial charge >= 0.3 is 0 Å². The van der Waals surface area contributed by atoms with Crippen molar-refractivity contribution in [1.29, 1.82) is 0 Å². The summed E-state index contributed by atoms with van der Waals surface area (Å²) in [4.78, 5) is 37.3. The summed E-state index contributed by atoms with van der Waals surface area (Å²) in [5.41, 5.74) is 10.0. The molecule has 0 bridgehead atoms. The van der Waals surface area contributed by atoms with E-state index < -0.39 is 32.6 Å². The summed E-state index contributed by atoms with van der Waals surface area (Å²) in [6, 6.07) is 34.4. The van der Waals surface area contributed by atoms with Gasteiger partial charge in [0.25, 0.3) is 15.7 Å². The molecule has 6 aromatic rings. The van der Waals surface area contributed by atoms with E-state index in [-0.39, 0.29) is 22.8 Å². The van der Waals surface area contributed by atoms with E-state index >= 15 is 0 Å². The van der Waals surface area contributed by atoms with Crippen LogP contribution in [-0.4, -0.2) is 72.1 Å². The number of sulfonamides is 1. The second-order valence-electron chi connectivity index (χ2n) is 13.5. The summed E-state index contributed by atoms with van der Waals surface area (Å²) in [5.74, 6) is -0.164. The summed E-state index contributed by atoms with van der Waals surface area (Å²) < 4.78 is 29.8. The van der Waals surface area contributed by atoms with Crippen molar-refractivity contribution < 1.29 is 18.1 Å². The molecule has 1 atom stereocenters. The monoisotopic (exact) mass is 822 g/mol. The third-order valence-electron chi connectivity index (χ3n) is 9.61. The van der Waals surface area contributed by atoms with Gasteiger partial charge in [-0.1, -0.05) is 66.2 Å². The fraction of sp³-hybridized carbons (Fsp3) is 0.195. The largest absolute Gasteiger partial charge is 0.375 e. The van der Waals surface area contributed by atoms with Crippen LogP contribution in [0.2, 0.25) is 5.02 Å². The minimum absolute atomic E-state index is 0.0384. The summed E-state index contributed by atoms with van der Waals surface area (Å²) in [6.45, 7) is 3.96. The number of carbonyl (C=O) groups excluding carboxylic acids is 1. The number of primary amides is 1. The SMILES string of the molecule is NC(=O)C[C@H](CSc1ccccc1)Nc1ccc(S(=O)(=O)Nc2ncnc3cc(N4CCN(Cc5cc(Cl)ccc5-c5ccccc5)CC4)ccc23)cc1[N+](=O)[O-]. The molecule has 0 radical (unpaired) electrons. The number of benzene rings is 5. The van der Waals surface area contributed by atoms with Gasteiger partial charge in [-0.3, -0.25) is 24.5 Å². The van der Waals surface area contributed by atoms with Crippen molar-refractivity contribution in [1.82, 2.24) is 14.9 Å². The number of amides is 1. The van der Waals surface area contributed by atoms with Gasteiger partial charge in [-0.25, -0.2) is 18.4 Å². The number of rotatable bonds is 15. The van der Waals surface area contributed by atoms with Crippen LogP contribution in [0.4, 0.5) is 22.9 Å². The Kier molecular flexibility index (Phi) is 12.2. The number of nitro groups is 1. The summed E-state index contributed by atoms with van der Waals surface area (Å²) in [7, 11) is -4.33. The lowest BCUT2D eigenvalue weighted by molar-refractivity contribution is -0.384. The van der Waals surface area contributed by atoms with Crippen LogP contribution in [0.15, 0.2) is 131 Å². The highest BCUT2D eigenvalue weighted by atomic mass is 35.5. The number of nitro benzene ring substituents is 1. The number of hydrogen-bond acceptors (Lipinski definition) is 11. The maximum Gasteiger partial charge on any atom is 0.293 e. The molecule has 1 aromatic heterocycles. The third-order valence-corrected chi connectivity index (χ3v) is 12.4. The smallest absolute Gasteiger partial charge is 0.293 e. The number of nitrogens with zero attached hydrogens (tertiary/aromatic N) is 5. The van der Waals surface area contributed by atoms with Crippen molar-refractivity contribution in [2.75, 3.05) is 46.9 Å². The maximum absolute atomic E-state index is 13.7. The molecule has 57 heavy (non-hydrogen) atoms. The van der Waals surface area contributed by atoms with E-state index in [9.17, 15) is 23.3 Å². The Bertz CT molecular complexity index is 2510. The first-order valence-corrected chi connectivity index (χ1v) is 21.0. The highest BCUT2D eigenvalue weighted by Gasteiger charge is 2.26. The van der Waals surface area contributed by atoms with Crippen LogP contribution in [0.25, 0.3) is 22.0 Å². The Balaban J connectivity index is 1.03. The first-order valence-electron chi connectivity index (χ1n) is 18.1. The topological polar surface area (TPSA) is 177 Å². The molecule has 0 saturated carbocycles. The van der Waals surface area contributed by atoms with Crippen LogP contribution in [0.3, 0.4) is 0 Å². The number of fused-ring (bicyclic) bond motifs is 1. The maximum atomic E-state index is 13.7. The lowest BCUT2D eigenvalue weighted by Gasteiger charge is -2.36. The van der Waals surface area contributed by atoms with Crippen LogP contribution in [-0.2, 0) is 21.4 Å². The Morgan fingerprint density at radius 2 is 1.65 bits per heavy atom. The van der Waals surface area contributed by atoms with E-state index in [0.29, 0.717) is 21.7 Å². The number of aromatic nitrogens is 2. The van der Waals surface area contributed by atoms with E-state index in [4.69, 9.17) is 17.3 Å². The molecule has 0 unspecified atom stereocenters. The van der Waals surface area contributed by atoms with Crippen LogP contribution in [0.1, 0.15) is 12.0 Å². The van der Waals surface area contributed by atoms with Crippen molar-refractivity contribution in [3.8, 4) is 11.1 Å². The van der Waals surface area contributed by atoms with Gasteiger partial charge in [0.2, 0.25) is 5.91 Å². The van der Waals surface area contributed by atoms with E-state index in [0.717, 1.165) is 60.5 Å². The molecule has 16 heteroatoms. The van der Waals surface area contributed by atoms with Gasteiger partial charge in [0.05, 0.1) is 15.3 Å². The molecular formula is C41H39ClN8O5S2. The average molecular weight is 823 g/mol. The number of nitrogens with one attached hydrogen (secondary N) is 2. The van der Waals surface area contributed by atoms with Crippen molar-refractivity contribution in [2.24, 2.45) is 5.73 Å². The number of nitrogens with two attached hydrogens (primary N) is 1. The fourth-order valence-corrected chi connectivity index (χ4v) is 8.97. The van der Waals surface area contributed by atoms with Gasteiger partial charge in [-0.2, -0.15) is 0 Å². The first-order chi connectivity index (χ1) is 27.5. The van der Waals surface area contributed by atoms with E-state index in [1.54, 1.807) is 6.07 Å². The molecule has 1 aliphatic heterocycles.